The second-order valence-electron chi connectivity index (χ2n) is 4.37. The molecule has 0 radical (unpaired) electrons. The summed E-state index contributed by atoms with van der Waals surface area (Å²) in [6.45, 7) is 2.30. The van der Waals surface area contributed by atoms with Crippen molar-refractivity contribution in [2.75, 3.05) is 6.61 Å². The quantitative estimate of drug-likeness (QED) is 0.657. The molecular weight excluding hydrogens is 304 g/mol. The molecule has 1 amide bonds. The van der Waals surface area contributed by atoms with Gasteiger partial charge in [-0.1, -0.05) is 17.7 Å². The molecule has 0 saturated carbocycles. The maximum Gasteiger partial charge on any atom is 0.271 e. The summed E-state index contributed by atoms with van der Waals surface area (Å²) in [5.74, 6) is 0.0588. The molecule has 114 valence electrons. The van der Waals surface area contributed by atoms with Gasteiger partial charge in [-0.25, -0.2) is 5.43 Å². The summed E-state index contributed by atoms with van der Waals surface area (Å²) in [6, 6.07) is 11.4. The highest BCUT2D eigenvalue weighted by molar-refractivity contribution is 6.30. The molecule has 2 N–H and O–H groups in total. The van der Waals surface area contributed by atoms with Crippen LogP contribution in [0.3, 0.4) is 0 Å². The summed E-state index contributed by atoms with van der Waals surface area (Å²) >= 11 is 5.82. The van der Waals surface area contributed by atoms with Crippen LogP contribution >= 0.6 is 11.6 Å². The van der Waals surface area contributed by atoms with Gasteiger partial charge in [0.05, 0.1) is 12.8 Å². The lowest BCUT2D eigenvalue weighted by Crippen LogP contribution is -2.17. The summed E-state index contributed by atoms with van der Waals surface area (Å²) in [7, 11) is 0. The highest BCUT2D eigenvalue weighted by Gasteiger charge is 2.04. The Kier molecular flexibility index (Phi) is 5.38. The summed E-state index contributed by atoms with van der Waals surface area (Å²) in [6.07, 6.45) is 1.43. The van der Waals surface area contributed by atoms with Crippen molar-refractivity contribution in [3.05, 3.63) is 58.6 Å². The Morgan fingerprint density at radius 2 is 2.18 bits per heavy atom. The monoisotopic (exact) mass is 318 g/mol. The first-order valence-electron chi connectivity index (χ1n) is 6.65. The van der Waals surface area contributed by atoms with E-state index in [2.05, 4.69) is 10.5 Å². The average Bonchev–Trinajstić information content (AvgIpc) is 2.50. The summed E-state index contributed by atoms with van der Waals surface area (Å²) < 4.78 is 5.23. The zero-order valence-corrected chi connectivity index (χ0v) is 12.7. The van der Waals surface area contributed by atoms with E-state index in [1.165, 1.54) is 12.3 Å². The van der Waals surface area contributed by atoms with Crippen LogP contribution in [0.1, 0.15) is 22.8 Å². The number of nitrogens with one attached hydrogen (secondary N) is 1. The van der Waals surface area contributed by atoms with Gasteiger partial charge in [-0.05, 0) is 48.9 Å². The topological polar surface area (TPSA) is 70.9 Å². The summed E-state index contributed by atoms with van der Waals surface area (Å²) in [4.78, 5) is 11.8. The number of carbonyl (C=O) groups excluding carboxylic acids is 1. The third-order valence-corrected chi connectivity index (χ3v) is 2.98. The zero-order valence-electron chi connectivity index (χ0n) is 11.9. The van der Waals surface area contributed by atoms with Gasteiger partial charge in [0.25, 0.3) is 5.91 Å². The van der Waals surface area contributed by atoms with Crippen molar-refractivity contribution in [2.45, 2.75) is 6.92 Å². The second-order valence-corrected chi connectivity index (χ2v) is 4.81. The van der Waals surface area contributed by atoms with Gasteiger partial charge < -0.3 is 9.84 Å². The Bertz CT molecular complexity index is 702. The van der Waals surface area contributed by atoms with Gasteiger partial charge in [0.2, 0.25) is 0 Å². The number of nitrogens with zero attached hydrogens (tertiary/aromatic N) is 1. The standard InChI is InChI=1S/C16H15ClN2O3/c1-2-22-15-7-6-11(8-14(15)20)10-18-19-16(21)12-4-3-5-13(17)9-12/h3-10,20H,2H2,1H3,(H,19,21)/b18-10+. The number of carbonyl (C=O) groups is 1. The smallest absolute Gasteiger partial charge is 0.271 e. The van der Waals surface area contributed by atoms with Crippen molar-refractivity contribution in [1.29, 1.82) is 0 Å². The van der Waals surface area contributed by atoms with E-state index in [1.54, 1.807) is 36.4 Å². The number of amides is 1. The number of rotatable bonds is 5. The van der Waals surface area contributed by atoms with Gasteiger partial charge in [-0.3, -0.25) is 4.79 Å². The predicted molar refractivity (Wildman–Crippen MR) is 85.8 cm³/mol. The van der Waals surface area contributed by atoms with Crippen LogP contribution in [0.2, 0.25) is 5.02 Å². The molecule has 0 unspecified atom stereocenters. The molecule has 22 heavy (non-hydrogen) atoms. The molecule has 0 bridgehead atoms. The van der Waals surface area contributed by atoms with E-state index in [9.17, 15) is 9.90 Å². The lowest BCUT2D eigenvalue weighted by atomic mass is 10.2. The number of phenols is 1. The van der Waals surface area contributed by atoms with Crippen LogP contribution < -0.4 is 10.2 Å². The predicted octanol–water partition coefficient (Wildman–Crippen LogP) is 3.21. The molecule has 0 atom stereocenters. The fourth-order valence-electron chi connectivity index (χ4n) is 1.75. The molecule has 5 nitrogen and oxygen atoms in total. The number of aromatic hydroxyl groups is 1. The fraction of sp³-hybridized carbons (Fsp3) is 0.125. The van der Waals surface area contributed by atoms with Crippen molar-refractivity contribution >= 4 is 23.7 Å². The molecule has 0 aliphatic carbocycles. The highest BCUT2D eigenvalue weighted by atomic mass is 35.5. The van der Waals surface area contributed by atoms with Crippen LogP contribution in [-0.4, -0.2) is 23.8 Å². The van der Waals surface area contributed by atoms with Crippen LogP contribution in [0.4, 0.5) is 0 Å². The molecule has 2 aromatic carbocycles. The molecule has 0 fully saturated rings. The number of ether oxygens (including phenoxy) is 1. The van der Waals surface area contributed by atoms with Gasteiger partial charge in [0, 0.05) is 10.6 Å². The number of benzene rings is 2. The Labute approximate surface area is 133 Å². The van der Waals surface area contributed by atoms with Crippen molar-refractivity contribution in [3.63, 3.8) is 0 Å². The van der Waals surface area contributed by atoms with E-state index in [-0.39, 0.29) is 11.7 Å². The minimum absolute atomic E-state index is 0.0203. The van der Waals surface area contributed by atoms with Gasteiger partial charge in [-0.2, -0.15) is 5.10 Å². The van der Waals surface area contributed by atoms with Crippen molar-refractivity contribution < 1.29 is 14.6 Å². The summed E-state index contributed by atoms with van der Waals surface area (Å²) in [5, 5.41) is 14.1. The fourth-order valence-corrected chi connectivity index (χ4v) is 1.94. The van der Waals surface area contributed by atoms with Crippen LogP contribution in [-0.2, 0) is 0 Å². The van der Waals surface area contributed by atoms with Gasteiger partial charge in [0.15, 0.2) is 11.5 Å². The van der Waals surface area contributed by atoms with E-state index < -0.39 is 0 Å². The molecule has 2 rings (SSSR count). The first-order chi connectivity index (χ1) is 10.6. The number of hydrogen-bond acceptors (Lipinski definition) is 4. The van der Waals surface area contributed by atoms with E-state index >= 15 is 0 Å². The Morgan fingerprint density at radius 1 is 1.36 bits per heavy atom. The minimum atomic E-state index is -0.367. The van der Waals surface area contributed by atoms with Crippen molar-refractivity contribution in [2.24, 2.45) is 5.10 Å². The first kappa shape index (κ1) is 15.9. The zero-order chi connectivity index (χ0) is 15.9. The van der Waals surface area contributed by atoms with E-state index in [1.807, 2.05) is 6.92 Å². The number of hydrazone groups is 1. The molecule has 0 aliphatic rings. The van der Waals surface area contributed by atoms with Crippen LogP contribution in [0.15, 0.2) is 47.6 Å². The Morgan fingerprint density at radius 3 is 2.86 bits per heavy atom. The van der Waals surface area contributed by atoms with Gasteiger partial charge in [0.1, 0.15) is 0 Å². The molecule has 0 aromatic heterocycles. The number of phenolic OH excluding ortho intramolecular Hbond substituents is 1. The van der Waals surface area contributed by atoms with E-state index in [0.717, 1.165) is 0 Å². The second kappa shape index (κ2) is 7.47. The minimum Gasteiger partial charge on any atom is -0.504 e. The molecule has 0 saturated heterocycles. The molecule has 6 heteroatoms. The number of hydrogen-bond donors (Lipinski definition) is 2. The largest absolute Gasteiger partial charge is 0.504 e. The maximum atomic E-state index is 11.8. The SMILES string of the molecule is CCOc1ccc(/C=N/NC(=O)c2cccc(Cl)c2)cc1O. The molecule has 0 heterocycles. The van der Waals surface area contributed by atoms with Gasteiger partial charge in [-0.15, -0.1) is 0 Å². The Balaban J connectivity index is 2.00. The molecule has 2 aromatic rings. The van der Waals surface area contributed by atoms with Crippen LogP contribution in [0, 0.1) is 0 Å². The molecular formula is C16H15ClN2O3. The van der Waals surface area contributed by atoms with Crippen LogP contribution in [0.25, 0.3) is 0 Å². The van der Waals surface area contributed by atoms with E-state index in [0.29, 0.717) is 28.5 Å². The lowest BCUT2D eigenvalue weighted by molar-refractivity contribution is 0.0955. The van der Waals surface area contributed by atoms with Crippen molar-refractivity contribution in [1.82, 2.24) is 5.43 Å². The highest BCUT2D eigenvalue weighted by Crippen LogP contribution is 2.26. The lowest BCUT2D eigenvalue weighted by Gasteiger charge is -2.05. The van der Waals surface area contributed by atoms with Gasteiger partial charge >= 0.3 is 0 Å². The third kappa shape index (κ3) is 4.23. The summed E-state index contributed by atoms with van der Waals surface area (Å²) in [5.41, 5.74) is 3.44. The maximum absolute atomic E-state index is 11.8. The average molecular weight is 319 g/mol. The Hall–Kier alpha value is -2.53. The molecule has 0 aliphatic heterocycles. The first-order valence-corrected chi connectivity index (χ1v) is 7.02. The molecule has 0 spiro atoms. The normalized spacial score (nSPS) is 10.6. The van der Waals surface area contributed by atoms with Crippen molar-refractivity contribution in [3.8, 4) is 11.5 Å². The number of halogens is 1. The van der Waals surface area contributed by atoms with E-state index in [4.69, 9.17) is 16.3 Å². The van der Waals surface area contributed by atoms with Crippen LogP contribution in [0.5, 0.6) is 11.5 Å². The third-order valence-electron chi connectivity index (χ3n) is 2.75.